The molecule has 208 valence electrons. The molecule has 4 aromatic rings. The number of anilines is 1. The van der Waals surface area contributed by atoms with Gasteiger partial charge in [0.1, 0.15) is 23.8 Å². The van der Waals surface area contributed by atoms with Crippen molar-refractivity contribution in [3.05, 3.63) is 65.6 Å². The second-order valence-corrected chi connectivity index (χ2v) is 10.5. The number of aliphatic hydroxyl groups excluding tert-OH is 1. The van der Waals surface area contributed by atoms with Crippen LogP contribution in [0.3, 0.4) is 0 Å². The zero-order valence-electron chi connectivity index (χ0n) is 22.2. The maximum absolute atomic E-state index is 15.2. The Labute approximate surface area is 229 Å². The molecule has 40 heavy (non-hydrogen) atoms. The number of aliphatic hydroxyl groups is 1. The Morgan fingerprint density at radius 1 is 1.10 bits per heavy atom. The second kappa shape index (κ2) is 10.9. The van der Waals surface area contributed by atoms with Crippen molar-refractivity contribution in [1.29, 1.82) is 0 Å². The normalized spacial score (nSPS) is 18.1. The number of piperidine rings is 1. The minimum Gasteiger partial charge on any atom is -0.391 e. The van der Waals surface area contributed by atoms with Crippen LogP contribution < -0.4 is 4.90 Å². The van der Waals surface area contributed by atoms with Gasteiger partial charge in [-0.2, -0.15) is 4.98 Å². The monoisotopic (exact) mass is 548 g/mol. The Hall–Kier alpha value is -3.99. The average Bonchev–Trinajstić information content (AvgIpc) is 3.61. The van der Waals surface area contributed by atoms with Crippen LogP contribution in [-0.4, -0.2) is 68.3 Å². The van der Waals surface area contributed by atoms with Crippen LogP contribution in [-0.2, 0) is 6.42 Å². The van der Waals surface area contributed by atoms with E-state index in [1.54, 1.807) is 6.07 Å². The summed E-state index contributed by atoms with van der Waals surface area (Å²) in [6.45, 7) is 3.97. The first-order valence-corrected chi connectivity index (χ1v) is 13.7. The molecule has 2 aromatic heterocycles. The lowest BCUT2D eigenvalue weighted by molar-refractivity contribution is 0.0760. The van der Waals surface area contributed by atoms with Crippen LogP contribution >= 0.6 is 0 Å². The smallest absolute Gasteiger partial charge is 0.256 e. The van der Waals surface area contributed by atoms with Crippen molar-refractivity contribution < 1.29 is 23.2 Å². The summed E-state index contributed by atoms with van der Waals surface area (Å²) in [4.78, 5) is 29.8. The molecular weight excluding hydrogens is 518 g/mol. The fourth-order valence-electron chi connectivity index (χ4n) is 5.64. The lowest BCUT2D eigenvalue weighted by Crippen LogP contribution is -2.33. The molecule has 2 aliphatic heterocycles. The predicted octanol–water partition coefficient (Wildman–Crippen LogP) is 4.50. The van der Waals surface area contributed by atoms with Crippen molar-refractivity contribution in [2.24, 2.45) is 0 Å². The molecule has 1 atom stereocenters. The maximum Gasteiger partial charge on any atom is 0.256 e. The number of aromatic nitrogens is 4. The number of halogens is 2. The van der Waals surface area contributed by atoms with E-state index in [2.05, 4.69) is 31.9 Å². The predicted molar refractivity (Wildman–Crippen MR) is 144 cm³/mol. The van der Waals surface area contributed by atoms with Crippen molar-refractivity contribution in [2.45, 2.75) is 51.0 Å². The number of β-amino-alcohol motifs (C(OH)–C–C–N with tert-alkyl or cyclic N) is 1. The van der Waals surface area contributed by atoms with Gasteiger partial charge in [-0.05, 0) is 55.5 Å². The molecule has 11 heteroatoms. The number of likely N-dealkylation sites (tertiary alicyclic amines) is 1. The van der Waals surface area contributed by atoms with Crippen molar-refractivity contribution >= 4 is 22.6 Å². The minimum atomic E-state index is -0.708. The van der Waals surface area contributed by atoms with E-state index >= 15 is 4.39 Å². The molecule has 0 spiro atoms. The number of carbonyl (C=O) groups is 1. The Morgan fingerprint density at radius 3 is 2.65 bits per heavy atom. The van der Waals surface area contributed by atoms with Crippen LogP contribution in [0.5, 0.6) is 0 Å². The number of hydrogen-bond acceptors (Lipinski definition) is 8. The first kappa shape index (κ1) is 26.2. The summed E-state index contributed by atoms with van der Waals surface area (Å²) in [6.07, 6.45) is 4.63. The standard InChI is InChI=1S/C29H30F2N6O3/c1-2-3-25-34-28(40-35-25)17-6-9-36(10-7-17)27-23-14-19(30)13-22(26(23)32-16-33-27)18-4-5-21(24(31)12-18)29(39)37-11-8-20(38)15-37/h4-5,12-14,16-17,20,38H,2-3,6-11,15H2,1H3/t20-/m1/s1. The van der Waals surface area contributed by atoms with Crippen LogP contribution in [0.4, 0.5) is 14.6 Å². The van der Waals surface area contributed by atoms with Crippen LogP contribution in [0.25, 0.3) is 22.0 Å². The third kappa shape index (κ3) is 5.01. The number of hydrogen-bond donors (Lipinski definition) is 1. The number of carbonyl (C=O) groups excluding carboxylic acids is 1. The van der Waals surface area contributed by atoms with Gasteiger partial charge < -0.3 is 19.4 Å². The molecule has 6 rings (SSSR count). The zero-order chi connectivity index (χ0) is 27.8. The van der Waals surface area contributed by atoms with Gasteiger partial charge >= 0.3 is 0 Å². The summed E-state index contributed by atoms with van der Waals surface area (Å²) in [6, 6.07) is 6.97. The van der Waals surface area contributed by atoms with E-state index in [1.807, 2.05) is 0 Å². The van der Waals surface area contributed by atoms with Crippen molar-refractivity contribution in [2.75, 3.05) is 31.1 Å². The van der Waals surface area contributed by atoms with E-state index < -0.39 is 23.6 Å². The fraction of sp³-hybridized carbons (Fsp3) is 0.414. The van der Waals surface area contributed by atoms with Gasteiger partial charge in [0, 0.05) is 49.5 Å². The van der Waals surface area contributed by atoms with Gasteiger partial charge in [0.25, 0.3) is 5.91 Å². The third-order valence-electron chi connectivity index (χ3n) is 7.74. The second-order valence-electron chi connectivity index (χ2n) is 10.5. The molecule has 1 N–H and O–H groups in total. The first-order chi connectivity index (χ1) is 19.4. The Balaban J connectivity index is 1.26. The number of fused-ring (bicyclic) bond motifs is 1. The fourth-order valence-corrected chi connectivity index (χ4v) is 5.64. The molecule has 2 aromatic carbocycles. The highest BCUT2D eigenvalue weighted by Crippen LogP contribution is 2.36. The highest BCUT2D eigenvalue weighted by atomic mass is 19.1. The molecule has 2 aliphatic rings. The van der Waals surface area contributed by atoms with Crippen LogP contribution in [0.2, 0.25) is 0 Å². The number of rotatable bonds is 6. The van der Waals surface area contributed by atoms with E-state index in [0.29, 0.717) is 59.8 Å². The number of nitrogens with zero attached hydrogens (tertiary/aromatic N) is 6. The number of amides is 1. The zero-order valence-corrected chi connectivity index (χ0v) is 22.2. The summed E-state index contributed by atoms with van der Waals surface area (Å²) < 4.78 is 35.6. The van der Waals surface area contributed by atoms with Crippen molar-refractivity contribution in [3.63, 3.8) is 0 Å². The van der Waals surface area contributed by atoms with Gasteiger partial charge in [-0.3, -0.25) is 4.79 Å². The number of benzene rings is 2. The lowest BCUT2D eigenvalue weighted by atomic mass is 9.96. The molecule has 9 nitrogen and oxygen atoms in total. The summed E-state index contributed by atoms with van der Waals surface area (Å²) in [5.74, 6) is 0.487. The Morgan fingerprint density at radius 2 is 1.93 bits per heavy atom. The first-order valence-electron chi connectivity index (χ1n) is 13.7. The van der Waals surface area contributed by atoms with E-state index in [9.17, 15) is 14.3 Å². The summed E-state index contributed by atoms with van der Waals surface area (Å²) >= 11 is 0. The van der Waals surface area contributed by atoms with Gasteiger partial charge in [0.15, 0.2) is 5.82 Å². The van der Waals surface area contributed by atoms with Crippen molar-refractivity contribution in [3.8, 4) is 11.1 Å². The van der Waals surface area contributed by atoms with E-state index in [-0.39, 0.29) is 18.0 Å². The molecule has 0 radical (unpaired) electrons. The Bertz CT molecular complexity index is 1550. The topological polar surface area (TPSA) is 108 Å². The van der Waals surface area contributed by atoms with E-state index in [0.717, 1.165) is 31.5 Å². The lowest BCUT2D eigenvalue weighted by Gasteiger charge is -2.32. The highest BCUT2D eigenvalue weighted by molar-refractivity contribution is 6.00. The molecule has 0 bridgehead atoms. The average molecular weight is 549 g/mol. The van der Waals surface area contributed by atoms with Crippen molar-refractivity contribution in [1.82, 2.24) is 25.0 Å². The molecule has 0 saturated carbocycles. The highest BCUT2D eigenvalue weighted by Gasteiger charge is 2.29. The van der Waals surface area contributed by atoms with E-state index in [4.69, 9.17) is 4.52 Å². The van der Waals surface area contributed by atoms with Gasteiger partial charge in [-0.1, -0.05) is 18.1 Å². The third-order valence-corrected chi connectivity index (χ3v) is 7.74. The van der Waals surface area contributed by atoms with Gasteiger partial charge in [-0.25, -0.2) is 18.7 Å². The van der Waals surface area contributed by atoms with Gasteiger partial charge in [0.2, 0.25) is 5.89 Å². The Kier molecular flexibility index (Phi) is 7.14. The molecule has 4 heterocycles. The molecular formula is C29H30F2N6O3. The largest absolute Gasteiger partial charge is 0.391 e. The summed E-state index contributed by atoms with van der Waals surface area (Å²) in [5.41, 5.74) is 1.23. The van der Waals surface area contributed by atoms with E-state index in [1.165, 1.54) is 35.5 Å². The number of aryl methyl sites for hydroxylation is 1. The van der Waals surface area contributed by atoms with Crippen LogP contribution in [0.15, 0.2) is 41.2 Å². The van der Waals surface area contributed by atoms with Gasteiger partial charge in [0.05, 0.1) is 17.2 Å². The molecule has 0 aliphatic carbocycles. The van der Waals surface area contributed by atoms with Crippen LogP contribution in [0.1, 0.15) is 60.6 Å². The maximum atomic E-state index is 15.2. The molecule has 2 fully saturated rings. The quantitative estimate of drug-likeness (QED) is 0.375. The summed E-state index contributed by atoms with van der Waals surface area (Å²) in [7, 11) is 0. The molecule has 1 amide bonds. The molecule has 0 unspecified atom stereocenters. The van der Waals surface area contributed by atoms with Gasteiger partial charge in [-0.15, -0.1) is 0 Å². The summed E-state index contributed by atoms with van der Waals surface area (Å²) in [5, 5.41) is 14.3. The minimum absolute atomic E-state index is 0.0835. The SMILES string of the molecule is CCCc1noc(C2CCN(c3ncnc4c(-c5ccc(C(=O)N6CC[C@@H](O)C6)c(F)c5)cc(F)cc34)CC2)n1. The van der Waals surface area contributed by atoms with Crippen LogP contribution in [0, 0.1) is 11.6 Å². The molecule has 2 saturated heterocycles.